The largest absolute Gasteiger partial charge is 0.376 e. The van der Waals surface area contributed by atoms with E-state index in [1.165, 1.54) is 16.1 Å². The zero-order valence-corrected chi connectivity index (χ0v) is 12.1. The summed E-state index contributed by atoms with van der Waals surface area (Å²) in [5.74, 6) is 0.757. The molecule has 102 valence electrons. The Morgan fingerprint density at radius 2 is 2.15 bits per heavy atom. The summed E-state index contributed by atoms with van der Waals surface area (Å²) in [5, 5.41) is 7.50. The summed E-state index contributed by atoms with van der Waals surface area (Å²) in [5.41, 5.74) is 0.993. The third-order valence-corrected chi connectivity index (χ3v) is 4.16. The molecule has 0 amide bonds. The highest BCUT2D eigenvalue weighted by Gasteiger charge is 2.08. The first-order chi connectivity index (χ1) is 9.72. The lowest BCUT2D eigenvalue weighted by atomic mass is 10.2. The average molecular weight is 285 g/mol. The van der Waals surface area contributed by atoms with E-state index in [0.29, 0.717) is 0 Å². The summed E-state index contributed by atoms with van der Waals surface area (Å²) in [4.78, 5) is 10.9. The van der Waals surface area contributed by atoms with Crippen LogP contribution < -0.4 is 5.32 Å². The van der Waals surface area contributed by atoms with Crippen LogP contribution in [0.5, 0.6) is 0 Å². The van der Waals surface area contributed by atoms with Gasteiger partial charge in [-0.25, -0.2) is 14.6 Å². The molecular formula is C14H15N5S. The molecule has 0 spiro atoms. The average Bonchev–Trinajstić information content (AvgIpc) is 3.10. The maximum absolute atomic E-state index is 4.37. The van der Waals surface area contributed by atoms with Gasteiger partial charge in [-0.1, -0.05) is 0 Å². The summed E-state index contributed by atoms with van der Waals surface area (Å²) in [7, 11) is 0. The van der Waals surface area contributed by atoms with Gasteiger partial charge in [-0.15, -0.1) is 11.3 Å². The molecule has 0 aliphatic carbocycles. The Balaban J connectivity index is 1.72. The first-order valence-corrected chi connectivity index (χ1v) is 7.18. The SMILES string of the molecule is Cc1ccc(C(C)Nc2ccc(-n3cncn3)nc2)s1. The van der Waals surface area contributed by atoms with Crippen molar-refractivity contribution >= 4 is 17.0 Å². The second-order valence-corrected chi connectivity index (χ2v) is 5.88. The smallest absolute Gasteiger partial charge is 0.155 e. The minimum atomic E-state index is 0.271. The van der Waals surface area contributed by atoms with Crippen molar-refractivity contribution < 1.29 is 0 Å². The maximum atomic E-state index is 4.37. The molecule has 1 atom stereocenters. The number of nitrogens with one attached hydrogen (secondary N) is 1. The molecule has 0 aromatic carbocycles. The molecule has 5 nitrogen and oxygen atoms in total. The second kappa shape index (κ2) is 5.42. The molecular weight excluding hydrogens is 270 g/mol. The Hall–Kier alpha value is -2.21. The van der Waals surface area contributed by atoms with E-state index < -0.39 is 0 Å². The van der Waals surface area contributed by atoms with Crippen molar-refractivity contribution in [2.24, 2.45) is 0 Å². The number of nitrogens with zero attached hydrogens (tertiary/aromatic N) is 4. The Bertz CT molecular complexity index is 672. The molecule has 1 unspecified atom stereocenters. The highest BCUT2D eigenvalue weighted by molar-refractivity contribution is 7.12. The van der Waals surface area contributed by atoms with E-state index in [9.17, 15) is 0 Å². The fourth-order valence-electron chi connectivity index (χ4n) is 1.94. The molecule has 0 saturated heterocycles. The van der Waals surface area contributed by atoms with Gasteiger partial charge in [-0.05, 0) is 38.1 Å². The molecule has 1 N–H and O–H groups in total. The number of thiophene rings is 1. The predicted octanol–water partition coefficient (Wildman–Crippen LogP) is 3.21. The topological polar surface area (TPSA) is 55.6 Å². The highest BCUT2D eigenvalue weighted by Crippen LogP contribution is 2.25. The minimum absolute atomic E-state index is 0.271. The fourth-order valence-corrected chi connectivity index (χ4v) is 2.82. The standard InChI is InChI=1S/C14H15N5S/c1-10-3-5-13(20-10)11(2)18-12-4-6-14(16-7-12)19-9-15-8-17-19/h3-9,11,18H,1-2H3. The van der Waals surface area contributed by atoms with Crippen molar-refractivity contribution in [2.75, 3.05) is 5.32 Å². The molecule has 3 aromatic heterocycles. The van der Waals surface area contributed by atoms with Crippen LogP contribution in [0.4, 0.5) is 5.69 Å². The van der Waals surface area contributed by atoms with Crippen LogP contribution in [0.3, 0.4) is 0 Å². The summed E-state index contributed by atoms with van der Waals surface area (Å²) >= 11 is 1.81. The summed E-state index contributed by atoms with van der Waals surface area (Å²) < 4.78 is 1.63. The first kappa shape index (κ1) is 12.8. The zero-order chi connectivity index (χ0) is 13.9. The van der Waals surface area contributed by atoms with Gasteiger partial charge >= 0.3 is 0 Å². The van der Waals surface area contributed by atoms with Crippen LogP contribution >= 0.6 is 11.3 Å². The number of hydrogen-bond donors (Lipinski definition) is 1. The minimum Gasteiger partial charge on any atom is -0.376 e. The molecule has 0 saturated carbocycles. The third kappa shape index (κ3) is 2.70. The molecule has 0 aliphatic heterocycles. The van der Waals surface area contributed by atoms with Gasteiger partial charge in [0.05, 0.1) is 17.9 Å². The van der Waals surface area contributed by atoms with Gasteiger partial charge in [0.2, 0.25) is 0 Å². The van der Waals surface area contributed by atoms with Gasteiger partial charge in [0.1, 0.15) is 12.7 Å². The van der Waals surface area contributed by atoms with Crippen LogP contribution in [0.25, 0.3) is 5.82 Å². The lowest BCUT2D eigenvalue weighted by molar-refractivity contribution is 0.842. The number of aromatic nitrogens is 4. The number of anilines is 1. The fraction of sp³-hybridized carbons (Fsp3) is 0.214. The van der Waals surface area contributed by atoms with E-state index in [0.717, 1.165) is 11.5 Å². The number of rotatable bonds is 4. The zero-order valence-electron chi connectivity index (χ0n) is 11.3. The summed E-state index contributed by atoms with van der Waals surface area (Å²) in [6, 6.07) is 8.50. The Morgan fingerprint density at radius 3 is 2.75 bits per heavy atom. The van der Waals surface area contributed by atoms with E-state index in [4.69, 9.17) is 0 Å². The van der Waals surface area contributed by atoms with Gasteiger partial charge in [-0.3, -0.25) is 0 Å². The molecule has 20 heavy (non-hydrogen) atoms. The second-order valence-electron chi connectivity index (χ2n) is 4.56. The van der Waals surface area contributed by atoms with Gasteiger partial charge in [-0.2, -0.15) is 5.10 Å². The van der Waals surface area contributed by atoms with Crippen LogP contribution in [-0.2, 0) is 0 Å². The summed E-state index contributed by atoms with van der Waals surface area (Å²) in [6.07, 6.45) is 4.94. The lowest BCUT2D eigenvalue weighted by Crippen LogP contribution is -2.06. The highest BCUT2D eigenvalue weighted by atomic mass is 32.1. The molecule has 0 aliphatic rings. The molecule has 3 rings (SSSR count). The molecule has 0 radical (unpaired) electrons. The third-order valence-electron chi connectivity index (χ3n) is 2.97. The molecule has 0 bridgehead atoms. The molecule has 6 heteroatoms. The van der Waals surface area contributed by atoms with E-state index in [-0.39, 0.29) is 6.04 Å². The Kier molecular flexibility index (Phi) is 3.47. The van der Waals surface area contributed by atoms with Crippen LogP contribution in [-0.4, -0.2) is 19.7 Å². The first-order valence-electron chi connectivity index (χ1n) is 6.36. The van der Waals surface area contributed by atoms with E-state index in [1.54, 1.807) is 11.0 Å². The van der Waals surface area contributed by atoms with Gasteiger partial charge in [0.15, 0.2) is 5.82 Å². The van der Waals surface area contributed by atoms with Gasteiger partial charge in [0.25, 0.3) is 0 Å². The van der Waals surface area contributed by atoms with Crippen LogP contribution in [0.1, 0.15) is 22.7 Å². The number of pyridine rings is 1. The van der Waals surface area contributed by atoms with Gasteiger partial charge in [0, 0.05) is 9.75 Å². The van der Waals surface area contributed by atoms with Crippen LogP contribution in [0, 0.1) is 6.92 Å². The summed E-state index contributed by atoms with van der Waals surface area (Å²) in [6.45, 7) is 4.27. The van der Waals surface area contributed by atoms with Crippen molar-refractivity contribution in [3.8, 4) is 5.82 Å². The van der Waals surface area contributed by atoms with Crippen LogP contribution in [0.15, 0.2) is 43.1 Å². The Morgan fingerprint density at radius 1 is 1.25 bits per heavy atom. The molecule has 3 heterocycles. The predicted molar refractivity (Wildman–Crippen MR) is 80.2 cm³/mol. The quantitative estimate of drug-likeness (QED) is 0.799. The number of aryl methyl sites for hydroxylation is 1. The van der Waals surface area contributed by atoms with E-state index >= 15 is 0 Å². The van der Waals surface area contributed by atoms with Crippen LogP contribution in [0.2, 0.25) is 0 Å². The van der Waals surface area contributed by atoms with E-state index in [1.807, 2.05) is 29.7 Å². The van der Waals surface area contributed by atoms with Crippen molar-refractivity contribution in [3.05, 3.63) is 52.9 Å². The van der Waals surface area contributed by atoms with Crippen molar-refractivity contribution in [3.63, 3.8) is 0 Å². The number of hydrogen-bond acceptors (Lipinski definition) is 5. The Labute approximate surface area is 121 Å². The maximum Gasteiger partial charge on any atom is 0.155 e. The normalized spacial score (nSPS) is 12.3. The molecule has 0 fully saturated rings. The van der Waals surface area contributed by atoms with E-state index in [2.05, 4.69) is 46.4 Å². The monoisotopic (exact) mass is 285 g/mol. The van der Waals surface area contributed by atoms with Gasteiger partial charge < -0.3 is 5.32 Å². The lowest BCUT2D eigenvalue weighted by Gasteiger charge is -2.13. The van der Waals surface area contributed by atoms with Crippen molar-refractivity contribution in [1.29, 1.82) is 0 Å². The molecule has 3 aromatic rings. The van der Waals surface area contributed by atoms with Crippen molar-refractivity contribution in [1.82, 2.24) is 19.7 Å². The van der Waals surface area contributed by atoms with Crippen molar-refractivity contribution in [2.45, 2.75) is 19.9 Å².